The van der Waals surface area contributed by atoms with E-state index in [0.29, 0.717) is 13.0 Å². The molecule has 0 unspecified atom stereocenters. The van der Waals surface area contributed by atoms with E-state index in [1.54, 1.807) is 13.0 Å². The third-order valence-corrected chi connectivity index (χ3v) is 2.82. The Labute approximate surface area is 111 Å². The molecule has 0 bridgehead atoms. The highest BCUT2D eigenvalue weighted by atomic mass is 16.5. The molecular formula is C15H15NO3. The Kier molecular flexibility index (Phi) is 4.13. The van der Waals surface area contributed by atoms with Gasteiger partial charge in [-0.1, -0.05) is 18.2 Å². The van der Waals surface area contributed by atoms with Crippen molar-refractivity contribution in [2.75, 3.05) is 6.61 Å². The summed E-state index contributed by atoms with van der Waals surface area (Å²) in [5, 5.41) is 0.998. The molecule has 1 aromatic carbocycles. The number of ether oxygens (including phenoxy) is 1. The minimum absolute atomic E-state index is 0.360. The lowest BCUT2D eigenvalue weighted by Crippen LogP contribution is -1.98. The molecule has 0 aliphatic carbocycles. The largest absolute Gasteiger partial charge is 0.463 e. The molecule has 0 aliphatic heterocycles. The number of rotatable bonds is 5. The number of carbonyl (C=O) groups excluding carboxylic acids is 2. The molecule has 0 radical (unpaired) electrons. The Morgan fingerprint density at radius 2 is 2.26 bits per heavy atom. The third kappa shape index (κ3) is 2.91. The molecule has 0 atom stereocenters. The van der Waals surface area contributed by atoms with E-state index < -0.39 is 0 Å². The first-order valence-electron chi connectivity index (χ1n) is 6.13. The van der Waals surface area contributed by atoms with Crippen LogP contribution in [0.25, 0.3) is 17.0 Å². The SMILES string of the molecule is CCOC(=O)/C=C/c1cccc2c(CC=O)c[nH]c12. The predicted octanol–water partition coefficient (Wildman–Crippen LogP) is 2.49. The summed E-state index contributed by atoms with van der Waals surface area (Å²) in [5.41, 5.74) is 2.76. The van der Waals surface area contributed by atoms with E-state index >= 15 is 0 Å². The van der Waals surface area contributed by atoms with E-state index in [0.717, 1.165) is 28.3 Å². The molecule has 0 amide bonds. The normalized spacial score (nSPS) is 11.0. The maximum Gasteiger partial charge on any atom is 0.330 e. The maximum absolute atomic E-state index is 11.3. The molecule has 98 valence electrons. The van der Waals surface area contributed by atoms with Crippen molar-refractivity contribution in [1.82, 2.24) is 4.98 Å². The van der Waals surface area contributed by atoms with E-state index in [-0.39, 0.29) is 5.97 Å². The number of nitrogens with one attached hydrogen (secondary N) is 1. The van der Waals surface area contributed by atoms with Gasteiger partial charge in [-0.25, -0.2) is 4.79 Å². The lowest BCUT2D eigenvalue weighted by Gasteiger charge is -1.99. The van der Waals surface area contributed by atoms with Gasteiger partial charge in [-0.05, 0) is 24.1 Å². The summed E-state index contributed by atoms with van der Waals surface area (Å²) in [4.78, 5) is 25.0. The average molecular weight is 257 g/mol. The summed E-state index contributed by atoms with van der Waals surface area (Å²) in [6.07, 6.45) is 6.19. The van der Waals surface area contributed by atoms with Crippen molar-refractivity contribution in [3.8, 4) is 0 Å². The van der Waals surface area contributed by atoms with Crippen LogP contribution in [-0.2, 0) is 20.7 Å². The molecule has 0 saturated heterocycles. The van der Waals surface area contributed by atoms with Crippen LogP contribution in [0.15, 0.2) is 30.5 Å². The van der Waals surface area contributed by atoms with Crippen molar-refractivity contribution in [3.05, 3.63) is 41.6 Å². The van der Waals surface area contributed by atoms with Gasteiger partial charge in [-0.15, -0.1) is 0 Å². The molecular weight excluding hydrogens is 242 g/mol. The fraction of sp³-hybridized carbons (Fsp3) is 0.200. The number of hydrogen-bond acceptors (Lipinski definition) is 3. The molecule has 0 aliphatic rings. The fourth-order valence-electron chi connectivity index (χ4n) is 1.98. The van der Waals surface area contributed by atoms with Gasteiger partial charge in [0.15, 0.2) is 0 Å². The van der Waals surface area contributed by atoms with Crippen molar-refractivity contribution in [3.63, 3.8) is 0 Å². The molecule has 0 fully saturated rings. The molecule has 1 heterocycles. The Bertz CT molecular complexity index is 625. The summed E-state index contributed by atoms with van der Waals surface area (Å²) in [6, 6.07) is 5.75. The first-order chi connectivity index (χ1) is 9.26. The predicted molar refractivity (Wildman–Crippen MR) is 73.7 cm³/mol. The van der Waals surface area contributed by atoms with Crippen molar-refractivity contribution in [1.29, 1.82) is 0 Å². The monoisotopic (exact) mass is 257 g/mol. The highest BCUT2D eigenvalue weighted by Crippen LogP contribution is 2.22. The van der Waals surface area contributed by atoms with E-state index in [9.17, 15) is 9.59 Å². The van der Waals surface area contributed by atoms with Gasteiger partial charge in [0.2, 0.25) is 0 Å². The van der Waals surface area contributed by atoms with Crippen LogP contribution < -0.4 is 0 Å². The van der Waals surface area contributed by atoms with Crippen molar-refractivity contribution in [2.45, 2.75) is 13.3 Å². The van der Waals surface area contributed by atoms with Crippen molar-refractivity contribution < 1.29 is 14.3 Å². The highest BCUT2D eigenvalue weighted by Gasteiger charge is 2.05. The van der Waals surface area contributed by atoms with Gasteiger partial charge in [0.05, 0.1) is 12.1 Å². The number of para-hydroxylation sites is 1. The molecule has 0 spiro atoms. The first kappa shape index (κ1) is 13.1. The second-order valence-corrected chi connectivity index (χ2v) is 4.04. The van der Waals surface area contributed by atoms with Crippen LogP contribution in [0.4, 0.5) is 0 Å². The van der Waals surface area contributed by atoms with Gasteiger partial charge < -0.3 is 14.5 Å². The van der Waals surface area contributed by atoms with Crippen LogP contribution in [0.1, 0.15) is 18.1 Å². The van der Waals surface area contributed by atoms with E-state index in [4.69, 9.17) is 4.74 Å². The number of fused-ring (bicyclic) bond motifs is 1. The quantitative estimate of drug-likeness (QED) is 0.508. The van der Waals surface area contributed by atoms with Crippen LogP contribution in [0.3, 0.4) is 0 Å². The van der Waals surface area contributed by atoms with Crippen molar-refractivity contribution in [2.24, 2.45) is 0 Å². The smallest absolute Gasteiger partial charge is 0.330 e. The lowest BCUT2D eigenvalue weighted by molar-refractivity contribution is -0.137. The minimum atomic E-state index is -0.362. The zero-order chi connectivity index (χ0) is 13.7. The van der Waals surface area contributed by atoms with E-state index in [1.165, 1.54) is 6.08 Å². The van der Waals surface area contributed by atoms with E-state index in [1.807, 2.05) is 24.4 Å². The zero-order valence-corrected chi connectivity index (χ0v) is 10.7. The Hall–Kier alpha value is -2.36. The molecule has 4 nitrogen and oxygen atoms in total. The number of aldehydes is 1. The van der Waals surface area contributed by atoms with Gasteiger partial charge in [-0.2, -0.15) is 0 Å². The Morgan fingerprint density at radius 3 is 3.00 bits per heavy atom. The number of aromatic nitrogens is 1. The maximum atomic E-state index is 11.3. The van der Waals surface area contributed by atoms with Gasteiger partial charge in [0.25, 0.3) is 0 Å². The zero-order valence-electron chi connectivity index (χ0n) is 10.7. The number of esters is 1. The number of benzene rings is 1. The second-order valence-electron chi connectivity index (χ2n) is 4.04. The molecule has 2 aromatic rings. The average Bonchev–Trinajstić information content (AvgIpc) is 2.81. The minimum Gasteiger partial charge on any atom is -0.463 e. The Morgan fingerprint density at radius 1 is 1.42 bits per heavy atom. The molecule has 1 aromatic heterocycles. The molecule has 4 heteroatoms. The summed E-state index contributed by atoms with van der Waals surface area (Å²) in [7, 11) is 0. The van der Waals surface area contributed by atoms with Crippen LogP contribution in [0, 0.1) is 0 Å². The number of carbonyl (C=O) groups is 2. The van der Waals surface area contributed by atoms with Gasteiger partial charge in [0, 0.05) is 24.1 Å². The lowest BCUT2D eigenvalue weighted by atomic mass is 10.1. The molecule has 19 heavy (non-hydrogen) atoms. The van der Waals surface area contributed by atoms with Crippen LogP contribution in [-0.4, -0.2) is 23.8 Å². The number of hydrogen-bond donors (Lipinski definition) is 1. The molecule has 0 saturated carbocycles. The topological polar surface area (TPSA) is 59.2 Å². The van der Waals surface area contributed by atoms with Crippen LogP contribution in [0.2, 0.25) is 0 Å². The number of H-pyrrole nitrogens is 1. The van der Waals surface area contributed by atoms with Crippen molar-refractivity contribution >= 4 is 29.2 Å². The number of aromatic amines is 1. The summed E-state index contributed by atoms with van der Waals surface area (Å²) in [6.45, 7) is 2.13. The van der Waals surface area contributed by atoms with Gasteiger partial charge in [0.1, 0.15) is 6.29 Å². The third-order valence-electron chi connectivity index (χ3n) is 2.82. The van der Waals surface area contributed by atoms with Gasteiger partial charge >= 0.3 is 5.97 Å². The summed E-state index contributed by atoms with van der Waals surface area (Å²) < 4.78 is 4.84. The van der Waals surface area contributed by atoms with Crippen LogP contribution >= 0.6 is 0 Å². The molecule has 2 rings (SSSR count). The first-order valence-corrected chi connectivity index (χ1v) is 6.13. The Balaban J connectivity index is 2.34. The summed E-state index contributed by atoms with van der Waals surface area (Å²) in [5.74, 6) is -0.362. The fourth-order valence-corrected chi connectivity index (χ4v) is 1.98. The van der Waals surface area contributed by atoms with E-state index in [2.05, 4.69) is 4.98 Å². The van der Waals surface area contributed by atoms with Crippen LogP contribution in [0.5, 0.6) is 0 Å². The molecule has 1 N–H and O–H groups in total. The highest BCUT2D eigenvalue weighted by molar-refractivity contribution is 5.95. The standard InChI is InChI=1S/C15H15NO3/c1-2-19-14(18)7-6-11-4-3-5-13-12(8-9-17)10-16-15(11)13/h3-7,9-10,16H,2,8H2,1H3/b7-6+. The summed E-state index contributed by atoms with van der Waals surface area (Å²) >= 11 is 0. The van der Waals surface area contributed by atoms with Gasteiger partial charge in [-0.3, -0.25) is 0 Å². The second kappa shape index (κ2) is 6.00.